The van der Waals surface area contributed by atoms with Crippen LogP contribution in [0.2, 0.25) is 0 Å². The number of hydrogen-bond acceptors (Lipinski definition) is 3. The summed E-state index contributed by atoms with van der Waals surface area (Å²) in [5, 5.41) is 8.77. The first-order valence-corrected chi connectivity index (χ1v) is 6.07. The Morgan fingerprint density at radius 2 is 2.00 bits per heavy atom. The zero-order valence-corrected chi connectivity index (χ0v) is 9.41. The molecule has 3 heteroatoms. The van der Waals surface area contributed by atoms with Crippen molar-refractivity contribution in [2.75, 3.05) is 26.2 Å². The Morgan fingerprint density at radius 1 is 1.33 bits per heavy atom. The number of nitrogens with two attached hydrogens (primary N) is 1. The smallest absolute Gasteiger partial charge is 0.0628 e. The normalized spacial score (nSPS) is 26.1. The van der Waals surface area contributed by atoms with Crippen molar-refractivity contribution in [3.63, 3.8) is 0 Å². The summed E-state index contributed by atoms with van der Waals surface area (Å²) in [5.41, 5.74) is 6.05. The van der Waals surface area contributed by atoms with Gasteiger partial charge in [-0.15, -0.1) is 0 Å². The minimum absolute atomic E-state index is 0.379. The molecule has 0 aromatic heterocycles. The van der Waals surface area contributed by atoms with E-state index in [1.165, 1.54) is 38.8 Å². The number of nitrogens with zero attached hydrogens (tertiary/aromatic N) is 2. The van der Waals surface area contributed by atoms with E-state index in [9.17, 15) is 0 Å². The standard InChI is InChI=1S/C12H21N3/c13-6-5-12(3-4-12)10-15-7-1-11(9-14)2-8-15/h11H,1-5,7-10,14H2. The van der Waals surface area contributed by atoms with E-state index < -0.39 is 0 Å². The van der Waals surface area contributed by atoms with E-state index in [4.69, 9.17) is 11.0 Å². The lowest BCUT2D eigenvalue weighted by molar-refractivity contribution is 0.156. The third-order valence-electron chi connectivity index (χ3n) is 4.01. The molecule has 0 spiro atoms. The predicted octanol–water partition coefficient (Wildman–Crippen LogP) is 1.35. The summed E-state index contributed by atoms with van der Waals surface area (Å²) in [6, 6.07) is 2.33. The van der Waals surface area contributed by atoms with Crippen LogP contribution in [0, 0.1) is 22.7 Å². The van der Waals surface area contributed by atoms with Crippen LogP contribution in [-0.2, 0) is 0 Å². The maximum Gasteiger partial charge on any atom is 0.0628 e. The summed E-state index contributed by atoms with van der Waals surface area (Å²) in [6.45, 7) is 4.37. The molecule has 2 aliphatic rings. The number of piperidine rings is 1. The summed E-state index contributed by atoms with van der Waals surface area (Å²) in [4.78, 5) is 2.54. The third kappa shape index (κ3) is 2.70. The molecule has 0 atom stereocenters. The molecule has 0 aromatic carbocycles. The molecule has 2 rings (SSSR count). The molecule has 1 saturated heterocycles. The Balaban J connectivity index is 1.75. The Hall–Kier alpha value is -0.590. The van der Waals surface area contributed by atoms with Crippen molar-refractivity contribution >= 4 is 0 Å². The van der Waals surface area contributed by atoms with Crippen molar-refractivity contribution in [3.05, 3.63) is 0 Å². The highest BCUT2D eigenvalue weighted by atomic mass is 15.1. The van der Waals surface area contributed by atoms with Gasteiger partial charge in [0.05, 0.1) is 6.07 Å². The van der Waals surface area contributed by atoms with Crippen LogP contribution in [-0.4, -0.2) is 31.1 Å². The molecule has 1 heterocycles. The van der Waals surface area contributed by atoms with E-state index in [0.717, 1.165) is 25.4 Å². The van der Waals surface area contributed by atoms with Crippen LogP contribution in [0.25, 0.3) is 0 Å². The Kier molecular flexibility index (Phi) is 3.28. The second-order valence-electron chi connectivity index (χ2n) is 5.29. The fraction of sp³-hybridized carbons (Fsp3) is 0.917. The minimum atomic E-state index is 0.379. The van der Waals surface area contributed by atoms with E-state index in [0.29, 0.717) is 5.41 Å². The lowest BCUT2D eigenvalue weighted by Gasteiger charge is -2.33. The average Bonchev–Trinajstić information content (AvgIpc) is 3.00. The van der Waals surface area contributed by atoms with Crippen molar-refractivity contribution in [3.8, 4) is 6.07 Å². The molecule has 1 aliphatic carbocycles. The molecule has 0 aromatic rings. The summed E-state index contributed by atoms with van der Waals surface area (Å²) >= 11 is 0. The first-order chi connectivity index (χ1) is 7.28. The van der Waals surface area contributed by atoms with Gasteiger partial charge in [-0.3, -0.25) is 0 Å². The molecule has 2 N–H and O–H groups in total. The van der Waals surface area contributed by atoms with Crippen LogP contribution in [0.4, 0.5) is 0 Å². The van der Waals surface area contributed by atoms with Gasteiger partial charge in [0.15, 0.2) is 0 Å². The molecule has 0 unspecified atom stereocenters. The number of hydrogen-bond donors (Lipinski definition) is 1. The molecule has 0 radical (unpaired) electrons. The molecule has 3 nitrogen and oxygen atoms in total. The van der Waals surface area contributed by atoms with Crippen LogP contribution in [0.1, 0.15) is 32.1 Å². The van der Waals surface area contributed by atoms with Gasteiger partial charge in [0.2, 0.25) is 0 Å². The van der Waals surface area contributed by atoms with Gasteiger partial charge in [-0.2, -0.15) is 5.26 Å². The Morgan fingerprint density at radius 3 is 2.47 bits per heavy atom. The first-order valence-electron chi connectivity index (χ1n) is 6.07. The molecule has 0 amide bonds. The predicted molar refractivity (Wildman–Crippen MR) is 60.1 cm³/mol. The Labute approximate surface area is 92.2 Å². The lowest BCUT2D eigenvalue weighted by atomic mass is 9.95. The van der Waals surface area contributed by atoms with Crippen molar-refractivity contribution in [2.45, 2.75) is 32.1 Å². The van der Waals surface area contributed by atoms with E-state index >= 15 is 0 Å². The molecular formula is C12H21N3. The molecule has 1 saturated carbocycles. The molecule has 2 fully saturated rings. The highest BCUT2D eigenvalue weighted by Crippen LogP contribution is 2.49. The summed E-state index contributed by atoms with van der Waals surface area (Å²) < 4.78 is 0. The van der Waals surface area contributed by atoms with E-state index in [1.807, 2.05) is 0 Å². The molecule has 15 heavy (non-hydrogen) atoms. The van der Waals surface area contributed by atoms with Gasteiger partial charge in [0.25, 0.3) is 0 Å². The second-order valence-corrected chi connectivity index (χ2v) is 5.29. The van der Waals surface area contributed by atoms with E-state index in [-0.39, 0.29) is 0 Å². The van der Waals surface area contributed by atoms with Crippen LogP contribution >= 0.6 is 0 Å². The first kappa shape index (κ1) is 10.9. The fourth-order valence-electron chi connectivity index (χ4n) is 2.59. The molecule has 84 valence electrons. The summed E-state index contributed by atoms with van der Waals surface area (Å²) in [5.74, 6) is 0.743. The third-order valence-corrected chi connectivity index (χ3v) is 4.01. The molecule has 0 bridgehead atoms. The zero-order valence-electron chi connectivity index (χ0n) is 9.41. The lowest BCUT2D eigenvalue weighted by Crippen LogP contribution is -2.39. The quantitative estimate of drug-likeness (QED) is 0.757. The monoisotopic (exact) mass is 207 g/mol. The van der Waals surface area contributed by atoms with Crippen LogP contribution in [0.3, 0.4) is 0 Å². The van der Waals surface area contributed by atoms with Gasteiger partial charge in [0, 0.05) is 13.0 Å². The SMILES string of the molecule is N#CCC1(CN2CCC(CN)CC2)CC1. The highest BCUT2D eigenvalue weighted by Gasteiger charge is 2.43. The minimum Gasteiger partial charge on any atom is -0.330 e. The maximum absolute atomic E-state index is 8.77. The van der Waals surface area contributed by atoms with Crippen LogP contribution < -0.4 is 5.73 Å². The van der Waals surface area contributed by atoms with Gasteiger partial charge in [-0.05, 0) is 56.7 Å². The number of rotatable bonds is 4. The van der Waals surface area contributed by atoms with Gasteiger partial charge in [-0.1, -0.05) is 0 Å². The number of nitriles is 1. The van der Waals surface area contributed by atoms with Gasteiger partial charge in [-0.25, -0.2) is 0 Å². The van der Waals surface area contributed by atoms with Crippen molar-refractivity contribution in [1.82, 2.24) is 4.90 Å². The highest BCUT2D eigenvalue weighted by molar-refractivity contribution is 5.01. The summed E-state index contributed by atoms with van der Waals surface area (Å²) in [7, 11) is 0. The maximum atomic E-state index is 8.77. The molecular weight excluding hydrogens is 186 g/mol. The largest absolute Gasteiger partial charge is 0.330 e. The van der Waals surface area contributed by atoms with E-state index in [1.54, 1.807) is 0 Å². The van der Waals surface area contributed by atoms with Crippen LogP contribution in [0.5, 0.6) is 0 Å². The van der Waals surface area contributed by atoms with Gasteiger partial charge in [0.1, 0.15) is 0 Å². The Bertz CT molecular complexity index is 244. The van der Waals surface area contributed by atoms with Gasteiger partial charge >= 0.3 is 0 Å². The molecule has 1 aliphatic heterocycles. The second kappa shape index (κ2) is 4.51. The summed E-state index contributed by atoms with van der Waals surface area (Å²) in [6.07, 6.45) is 5.77. The zero-order chi connectivity index (χ0) is 10.7. The van der Waals surface area contributed by atoms with E-state index in [2.05, 4.69) is 11.0 Å². The van der Waals surface area contributed by atoms with Crippen molar-refractivity contribution < 1.29 is 0 Å². The average molecular weight is 207 g/mol. The fourth-order valence-corrected chi connectivity index (χ4v) is 2.59. The van der Waals surface area contributed by atoms with Crippen LogP contribution in [0.15, 0.2) is 0 Å². The number of likely N-dealkylation sites (tertiary alicyclic amines) is 1. The topological polar surface area (TPSA) is 53.0 Å². The van der Waals surface area contributed by atoms with Gasteiger partial charge < -0.3 is 10.6 Å². The van der Waals surface area contributed by atoms with Crippen molar-refractivity contribution in [1.29, 1.82) is 5.26 Å². The van der Waals surface area contributed by atoms with Crippen molar-refractivity contribution in [2.24, 2.45) is 17.1 Å².